The van der Waals surface area contributed by atoms with Crippen LogP contribution >= 0.6 is 0 Å². The summed E-state index contributed by atoms with van der Waals surface area (Å²) in [6, 6.07) is 6.72. The molecule has 0 unspecified atom stereocenters. The van der Waals surface area contributed by atoms with Crippen LogP contribution in [0.4, 0.5) is 0 Å². The molecule has 2 heteroatoms. The summed E-state index contributed by atoms with van der Waals surface area (Å²) in [5.41, 5.74) is 3.01. The van der Waals surface area contributed by atoms with E-state index < -0.39 is 0 Å². The smallest absolute Gasteiger partial charge is 0.139 e. The zero-order valence-corrected chi connectivity index (χ0v) is 14.6. The van der Waals surface area contributed by atoms with Crippen molar-refractivity contribution in [2.45, 2.75) is 71.3 Å². The highest BCUT2D eigenvalue weighted by Gasteiger charge is 2.54. The summed E-state index contributed by atoms with van der Waals surface area (Å²) in [5.74, 6) is 3.54. The number of hydrogen-bond acceptors (Lipinski definition) is 2. The lowest BCUT2D eigenvalue weighted by Gasteiger charge is -2.48. The average Bonchev–Trinajstić information content (AvgIpc) is 2.82. The molecular weight excluding hydrogens is 284 g/mol. The molecule has 2 fully saturated rings. The van der Waals surface area contributed by atoms with Crippen LogP contribution in [0.25, 0.3) is 0 Å². The molecule has 1 aromatic rings. The molecule has 124 valence electrons. The Morgan fingerprint density at radius 3 is 2.78 bits per heavy atom. The van der Waals surface area contributed by atoms with Gasteiger partial charge in [-0.2, -0.15) is 0 Å². The molecule has 3 aliphatic carbocycles. The van der Waals surface area contributed by atoms with Gasteiger partial charge in [-0.3, -0.25) is 4.79 Å². The fourth-order valence-corrected chi connectivity index (χ4v) is 5.68. The lowest BCUT2D eigenvalue weighted by atomic mass is 9.55. The summed E-state index contributed by atoms with van der Waals surface area (Å²) < 4.78 is 5.87. The summed E-state index contributed by atoms with van der Waals surface area (Å²) in [4.78, 5) is 12.4. The van der Waals surface area contributed by atoms with Crippen molar-refractivity contribution in [2.75, 3.05) is 0 Å². The second-order valence-electron chi connectivity index (χ2n) is 8.36. The van der Waals surface area contributed by atoms with Gasteiger partial charge in [0.2, 0.25) is 0 Å². The quantitative estimate of drug-likeness (QED) is 0.776. The molecular formula is C21H28O2. The van der Waals surface area contributed by atoms with Crippen LogP contribution in [-0.2, 0) is 11.2 Å². The van der Waals surface area contributed by atoms with Crippen LogP contribution in [0.2, 0.25) is 0 Å². The number of Topliss-reactive ketones (excluding diaryl/α,β-unsaturated/α-hetero) is 1. The van der Waals surface area contributed by atoms with E-state index in [1.165, 1.54) is 18.4 Å². The van der Waals surface area contributed by atoms with Crippen molar-refractivity contribution < 1.29 is 9.53 Å². The predicted molar refractivity (Wildman–Crippen MR) is 91.8 cm³/mol. The number of ketones is 1. The van der Waals surface area contributed by atoms with Gasteiger partial charge in [-0.25, -0.2) is 0 Å². The van der Waals surface area contributed by atoms with Crippen molar-refractivity contribution in [1.29, 1.82) is 0 Å². The molecule has 3 aliphatic rings. The van der Waals surface area contributed by atoms with Crippen LogP contribution in [0.15, 0.2) is 18.2 Å². The number of aryl methyl sites for hydroxylation is 1. The van der Waals surface area contributed by atoms with Crippen molar-refractivity contribution in [3.63, 3.8) is 0 Å². The molecule has 0 spiro atoms. The number of hydrogen-bond donors (Lipinski definition) is 0. The van der Waals surface area contributed by atoms with Crippen LogP contribution in [0.3, 0.4) is 0 Å². The largest absolute Gasteiger partial charge is 0.491 e. The number of benzene rings is 1. The molecule has 1 aromatic carbocycles. The number of fused-ring (bicyclic) bond motifs is 5. The van der Waals surface area contributed by atoms with Crippen LogP contribution in [0, 0.1) is 17.3 Å². The van der Waals surface area contributed by atoms with E-state index in [1.54, 1.807) is 5.56 Å². The second-order valence-corrected chi connectivity index (χ2v) is 8.36. The molecule has 0 aromatic heterocycles. The molecule has 0 aliphatic heterocycles. The topological polar surface area (TPSA) is 26.3 Å². The molecule has 4 rings (SSSR count). The Bertz CT molecular complexity index is 633. The highest BCUT2D eigenvalue weighted by atomic mass is 16.5. The summed E-state index contributed by atoms with van der Waals surface area (Å²) in [7, 11) is 0. The molecule has 23 heavy (non-hydrogen) atoms. The van der Waals surface area contributed by atoms with Crippen LogP contribution in [-0.4, -0.2) is 11.9 Å². The van der Waals surface area contributed by atoms with Gasteiger partial charge in [0.25, 0.3) is 0 Å². The van der Waals surface area contributed by atoms with Crippen LogP contribution < -0.4 is 4.74 Å². The Hall–Kier alpha value is -1.31. The maximum Gasteiger partial charge on any atom is 0.139 e. The van der Waals surface area contributed by atoms with E-state index in [-0.39, 0.29) is 11.5 Å². The fourth-order valence-electron chi connectivity index (χ4n) is 5.68. The van der Waals surface area contributed by atoms with E-state index in [4.69, 9.17) is 4.74 Å². The molecule has 0 radical (unpaired) electrons. The summed E-state index contributed by atoms with van der Waals surface area (Å²) >= 11 is 0. The van der Waals surface area contributed by atoms with Gasteiger partial charge in [-0.15, -0.1) is 0 Å². The third-order valence-corrected chi connectivity index (χ3v) is 6.78. The van der Waals surface area contributed by atoms with E-state index >= 15 is 0 Å². The molecule has 0 amide bonds. The highest BCUT2D eigenvalue weighted by Crippen LogP contribution is 2.59. The van der Waals surface area contributed by atoms with Crippen molar-refractivity contribution >= 4 is 5.78 Å². The Morgan fingerprint density at radius 2 is 2.00 bits per heavy atom. The SMILES string of the molecule is CC(C)Oc1ccc2c(c1)CC[C@@H]1[C@@H]2CC[C@]2(C)C(=O)CC[C@@H]12. The molecule has 0 N–H and O–H groups in total. The summed E-state index contributed by atoms with van der Waals surface area (Å²) in [6.07, 6.45) is 6.83. The molecule has 0 heterocycles. The van der Waals surface area contributed by atoms with Gasteiger partial charge in [-0.1, -0.05) is 13.0 Å². The van der Waals surface area contributed by atoms with Gasteiger partial charge in [0.1, 0.15) is 11.5 Å². The Morgan fingerprint density at radius 1 is 1.17 bits per heavy atom. The van der Waals surface area contributed by atoms with Gasteiger partial charge in [0.15, 0.2) is 0 Å². The van der Waals surface area contributed by atoms with E-state index in [0.29, 0.717) is 23.5 Å². The first-order chi connectivity index (χ1) is 11.0. The third-order valence-electron chi connectivity index (χ3n) is 6.78. The summed E-state index contributed by atoms with van der Waals surface area (Å²) in [5, 5.41) is 0. The first-order valence-electron chi connectivity index (χ1n) is 9.32. The highest BCUT2D eigenvalue weighted by molar-refractivity contribution is 5.87. The first-order valence-corrected chi connectivity index (χ1v) is 9.32. The monoisotopic (exact) mass is 312 g/mol. The molecule has 0 bridgehead atoms. The Kier molecular flexibility index (Phi) is 3.55. The molecule has 4 atom stereocenters. The van der Waals surface area contributed by atoms with Gasteiger partial charge in [-0.05, 0) is 87.0 Å². The van der Waals surface area contributed by atoms with E-state index in [1.807, 2.05) is 0 Å². The number of ether oxygens (including phenoxy) is 1. The first kappa shape index (κ1) is 15.2. The number of rotatable bonds is 2. The van der Waals surface area contributed by atoms with Gasteiger partial charge in [0.05, 0.1) is 6.10 Å². The summed E-state index contributed by atoms with van der Waals surface area (Å²) in [6.45, 7) is 6.40. The van der Waals surface area contributed by atoms with Gasteiger partial charge in [0, 0.05) is 11.8 Å². The molecule has 0 saturated heterocycles. The predicted octanol–water partition coefficient (Wildman–Crippen LogP) is 4.90. The second kappa shape index (κ2) is 5.36. The molecule has 2 saturated carbocycles. The number of carbonyl (C=O) groups is 1. The zero-order chi connectivity index (χ0) is 16.2. The van der Waals surface area contributed by atoms with Gasteiger partial charge < -0.3 is 4.74 Å². The van der Waals surface area contributed by atoms with E-state index in [9.17, 15) is 4.79 Å². The van der Waals surface area contributed by atoms with Crippen molar-refractivity contribution in [2.24, 2.45) is 17.3 Å². The zero-order valence-electron chi connectivity index (χ0n) is 14.6. The average molecular weight is 312 g/mol. The van der Waals surface area contributed by atoms with Crippen molar-refractivity contribution in [1.82, 2.24) is 0 Å². The minimum Gasteiger partial charge on any atom is -0.491 e. The lowest BCUT2D eigenvalue weighted by Crippen LogP contribution is -2.42. The van der Waals surface area contributed by atoms with E-state index in [0.717, 1.165) is 31.4 Å². The Balaban J connectivity index is 1.63. The maximum atomic E-state index is 12.4. The molecule has 2 nitrogen and oxygen atoms in total. The van der Waals surface area contributed by atoms with Crippen LogP contribution in [0.1, 0.15) is 69.9 Å². The maximum absolute atomic E-state index is 12.4. The standard InChI is InChI=1S/C21H28O2/c1-13(2)23-15-5-7-16-14(12-15)4-6-18-17(16)10-11-21(3)19(18)8-9-20(21)22/h5,7,12-13,17-19H,4,6,8-11H2,1-3H3/t17-,18-,19+,21+/m1/s1. The van der Waals surface area contributed by atoms with E-state index in [2.05, 4.69) is 39.0 Å². The normalized spacial score (nSPS) is 35.7. The Labute approximate surface area is 139 Å². The third kappa shape index (κ3) is 2.33. The van der Waals surface area contributed by atoms with Crippen molar-refractivity contribution in [3.8, 4) is 5.75 Å². The lowest BCUT2D eigenvalue weighted by molar-refractivity contribution is -0.129. The van der Waals surface area contributed by atoms with Gasteiger partial charge >= 0.3 is 0 Å². The fraction of sp³-hybridized carbons (Fsp3) is 0.667. The van der Waals surface area contributed by atoms with Crippen LogP contribution in [0.5, 0.6) is 5.75 Å². The minimum atomic E-state index is -0.0145. The minimum absolute atomic E-state index is 0.0145. The van der Waals surface area contributed by atoms with Crippen molar-refractivity contribution in [3.05, 3.63) is 29.3 Å². The number of carbonyl (C=O) groups excluding carboxylic acids is 1.